The molecule has 0 aliphatic rings. The van der Waals surface area contributed by atoms with E-state index < -0.39 is 0 Å². The molecule has 0 saturated heterocycles. The molecule has 18 heavy (non-hydrogen) atoms. The van der Waals surface area contributed by atoms with Crippen LogP contribution in [0.4, 0.5) is 4.39 Å². The highest BCUT2D eigenvalue weighted by molar-refractivity contribution is 5.75. The number of aromatic nitrogens is 2. The van der Waals surface area contributed by atoms with Crippen LogP contribution in [0.15, 0.2) is 36.5 Å². The van der Waals surface area contributed by atoms with E-state index >= 15 is 0 Å². The minimum atomic E-state index is -0.311. The second-order valence-electron chi connectivity index (χ2n) is 4.04. The van der Waals surface area contributed by atoms with Crippen LogP contribution >= 0.6 is 0 Å². The monoisotopic (exact) mass is 244 g/mol. The lowest BCUT2D eigenvalue weighted by molar-refractivity contribution is -0.117. The molecule has 0 radical (unpaired) electrons. The highest BCUT2D eigenvalue weighted by Crippen LogP contribution is 2.19. The fourth-order valence-corrected chi connectivity index (χ4v) is 1.63. The number of carbonyl (C=O) groups is 1. The average molecular weight is 244 g/mol. The van der Waals surface area contributed by atoms with E-state index in [4.69, 9.17) is 0 Å². The number of ketones is 1. The number of benzene rings is 1. The van der Waals surface area contributed by atoms with Crippen molar-refractivity contribution in [3.63, 3.8) is 0 Å². The minimum absolute atomic E-state index is 0.0925. The SMILES string of the molecule is CC(=O)CCc1nccc(-c2ccccc2F)n1. The third-order valence-electron chi connectivity index (χ3n) is 2.56. The van der Waals surface area contributed by atoms with Gasteiger partial charge in [-0.15, -0.1) is 0 Å². The summed E-state index contributed by atoms with van der Waals surface area (Å²) in [6, 6.07) is 8.13. The zero-order chi connectivity index (χ0) is 13.0. The molecule has 0 amide bonds. The second-order valence-corrected chi connectivity index (χ2v) is 4.04. The van der Waals surface area contributed by atoms with Gasteiger partial charge in [0, 0.05) is 24.6 Å². The molecule has 0 spiro atoms. The first-order chi connectivity index (χ1) is 8.66. The van der Waals surface area contributed by atoms with Gasteiger partial charge in [0.25, 0.3) is 0 Å². The molecular formula is C14H13FN2O. The Hall–Kier alpha value is -2.10. The maximum Gasteiger partial charge on any atom is 0.132 e. The lowest BCUT2D eigenvalue weighted by Crippen LogP contribution is -2.00. The lowest BCUT2D eigenvalue weighted by atomic mass is 10.1. The van der Waals surface area contributed by atoms with Crippen LogP contribution in [-0.2, 0) is 11.2 Å². The molecule has 0 fully saturated rings. The van der Waals surface area contributed by atoms with Crippen LogP contribution in [0.5, 0.6) is 0 Å². The molecule has 1 heterocycles. The van der Waals surface area contributed by atoms with Crippen LogP contribution < -0.4 is 0 Å². The smallest absolute Gasteiger partial charge is 0.132 e. The van der Waals surface area contributed by atoms with E-state index in [2.05, 4.69) is 9.97 Å². The molecule has 2 aromatic rings. The third kappa shape index (κ3) is 2.97. The van der Waals surface area contributed by atoms with Crippen molar-refractivity contribution in [3.8, 4) is 11.3 Å². The molecule has 0 aliphatic heterocycles. The number of rotatable bonds is 4. The molecule has 92 valence electrons. The molecule has 0 unspecified atom stereocenters. The summed E-state index contributed by atoms with van der Waals surface area (Å²) in [5.74, 6) is 0.342. The van der Waals surface area contributed by atoms with Crippen molar-refractivity contribution in [1.82, 2.24) is 9.97 Å². The van der Waals surface area contributed by atoms with Crippen LogP contribution in [0.3, 0.4) is 0 Å². The van der Waals surface area contributed by atoms with E-state index in [1.165, 1.54) is 13.0 Å². The fourth-order valence-electron chi connectivity index (χ4n) is 1.63. The largest absolute Gasteiger partial charge is 0.300 e. The summed E-state index contributed by atoms with van der Waals surface area (Å²) in [4.78, 5) is 19.3. The Kier molecular flexibility index (Phi) is 3.77. The average Bonchev–Trinajstić information content (AvgIpc) is 2.37. The van der Waals surface area contributed by atoms with Crippen molar-refractivity contribution in [1.29, 1.82) is 0 Å². The number of Topliss-reactive ketones (excluding diaryl/α,β-unsaturated/α-hetero) is 1. The highest BCUT2D eigenvalue weighted by atomic mass is 19.1. The first kappa shape index (κ1) is 12.4. The fraction of sp³-hybridized carbons (Fsp3) is 0.214. The van der Waals surface area contributed by atoms with Gasteiger partial charge in [0.15, 0.2) is 0 Å². The Morgan fingerprint density at radius 1 is 1.28 bits per heavy atom. The number of halogens is 1. The Balaban J connectivity index is 2.27. The van der Waals surface area contributed by atoms with Crippen molar-refractivity contribution < 1.29 is 9.18 Å². The van der Waals surface area contributed by atoms with Gasteiger partial charge in [-0.2, -0.15) is 0 Å². The molecule has 0 N–H and O–H groups in total. The van der Waals surface area contributed by atoms with E-state index in [1.807, 2.05) is 0 Å². The number of hydrogen-bond donors (Lipinski definition) is 0. The van der Waals surface area contributed by atoms with Gasteiger partial charge in [-0.05, 0) is 25.1 Å². The van der Waals surface area contributed by atoms with Crippen LogP contribution in [0.1, 0.15) is 19.2 Å². The van der Waals surface area contributed by atoms with Crippen LogP contribution in [0.25, 0.3) is 11.3 Å². The molecule has 1 aromatic heterocycles. The molecule has 4 heteroatoms. The normalized spacial score (nSPS) is 10.3. The van der Waals surface area contributed by atoms with Gasteiger partial charge in [0.2, 0.25) is 0 Å². The van der Waals surface area contributed by atoms with E-state index in [1.54, 1.807) is 30.5 Å². The molecule has 0 saturated carbocycles. The quantitative estimate of drug-likeness (QED) is 0.830. The number of nitrogens with zero attached hydrogens (tertiary/aromatic N) is 2. The minimum Gasteiger partial charge on any atom is -0.300 e. The van der Waals surface area contributed by atoms with Gasteiger partial charge in [0.05, 0.1) is 5.69 Å². The van der Waals surface area contributed by atoms with E-state index in [0.717, 1.165) is 0 Å². The molecule has 0 atom stereocenters. The first-order valence-corrected chi connectivity index (χ1v) is 5.73. The maximum absolute atomic E-state index is 13.6. The van der Waals surface area contributed by atoms with E-state index in [-0.39, 0.29) is 11.6 Å². The molecular weight excluding hydrogens is 231 g/mol. The molecule has 2 rings (SSSR count). The van der Waals surface area contributed by atoms with Crippen molar-refractivity contribution >= 4 is 5.78 Å². The van der Waals surface area contributed by atoms with Gasteiger partial charge in [-0.3, -0.25) is 0 Å². The molecule has 3 nitrogen and oxygen atoms in total. The summed E-state index contributed by atoms with van der Waals surface area (Å²) < 4.78 is 13.6. The summed E-state index contributed by atoms with van der Waals surface area (Å²) in [5.41, 5.74) is 0.991. The second kappa shape index (κ2) is 5.49. The van der Waals surface area contributed by atoms with E-state index in [9.17, 15) is 9.18 Å². The van der Waals surface area contributed by atoms with Crippen molar-refractivity contribution in [2.45, 2.75) is 19.8 Å². The van der Waals surface area contributed by atoms with Gasteiger partial charge >= 0.3 is 0 Å². The number of hydrogen-bond acceptors (Lipinski definition) is 3. The van der Waals surface area contributed by atoms with Crippen LogP contribution in [0.2, 0.25) is 0 Å². The maximum atomic E-state index is 13.6. The summed E-state index contributed by atoms with van der Waals surface area (Å²) >= 11 is 0. The summed E-state index contributed by atoms with van der Waals surface area (Å²) in [6.07, 6.45) is 2.47. The molecule has 0 bridgehead atoms. The first-order valence-electron chi connectivity index (χ1n) is 5.73. The van der Waals surface area contributed by atoms with Crippen LogP contribution in [-0.4, -0.2) is 15.8 Å². The Labute approximate surface area is 105 Å². The highest BCUT2D eigenvalue weighted by Gasteiger charge is 2.07. The summed E-state index contributed by atoms with van der Waals surface area (Å²) in [6.45, 7) is 1.53. The van der Waals surface area contributed by atoms with Crippen LogP contribution in [0, 0.1) is 5.82 Å². The standard InChI is InChI=1S/C14H13FN2O/c1-10(18)6-7-14-16-9-8-13(17-14)11-4-2-3-5-12(11)15/h2-5,8-9H,6-7H2,1H3. The predicted molar refractivity (Wildman–Crippen MR) is 66.4 cm³/mol. The van der Waals surface area contributed by atoms with Gasteiger partial charge in [-0.1, -0.05) is 12.1 Å². The van der Waals surface area contributed by atoms with E-state index in [0.29, 0.717) is 29.9 Å². The van der Waals surface area contributed by atoms with Gasteiger partial charge < -0.3 is 4.79 Å². The van der Waals surface area contributed by atoms with Crippen molar-refractivity contribution in [2.24, 2.45) is 0 Å². The van der Waals surface area contributed by atoms with Crippen molar-refractivity contribution in [3.05, 3.63) is 48.2 Å². The predicted octanol–water partition coefficient (Wildman–Crippen LogP) is 2.80. The van der Waals surface area contributed by atoms with Gasteiger partial charge in [-0.25, -0.2) is 14.4 Å². The van der Waals surface area contributed by atoms with Gasteiger partial charge in [0.1, 0.15) is 17.4 Å². The Morgan fingerprint density at radius 2 is 2.06 bits per heavy atom. The number of carbonyl (C=O) groups excluding carboxylic acids is 1. The zero-order valence-corrected chi connectivity index (χ0v) is 10.1. The lowest BCUT2D eigenvalue weighted by Gasteiger charge is -2.04. The zero-order valence-electron chi connectivity index (χ0n) is 10.1. The third-order valence-corrected chi connectivity index (χ3v) is 2.56. The summed E-state index contributed by atoms with van der Waals surface area (Å²) in [7, 11) is 0. The molecule has 0 aliphatic carbocycles. The summed E-state index contributed by atoms with van der Waals surface area (Å²) in [5, 5.41) is 0. The Morgan fingerprint density at radius 3 is 2.78 bits per heavy atom. The molecule has 1 aromatic carbocycles. The number of aryl methyl sites for hydroxylation is 1. The van der Waals surface area contributed by atoms with Crippen molar-refractivity contribution in [2.75, 3.05) is 0 Å². The Bertz CT molecular complexity index is 569. The topological polar surface area (TPSA) is 42.9 Å².